The molecule has 24 heavy (non-hydrogen) atoms. The Balaban J connectivity index is 1.63. The molecule has 2 aliphatic heterocycles. The topological polar surface area (TPSA) is 61.9 Å². The third kappa shape index (κ3) is 2.89. The monoisotopic (exact) mass is 335 g/mol. The van der Waals surface area contributed by atoms with Crippen LogP contribution in [0, 0.1) is 12.7 Å². The normalized spacial score (nSPS) is 23.0. The third-order valence-corrected chi connectivity index (χ3v) is 4.83. The predicted octanol–water partition coefficient (Wildman–Crippen LogP) is 0.405. The number of nitrogens with zero attached hydrogens (tertiary/aromatic N) is 2. The Morgan fingerprint density at radius 3 is 2.62 bits per heavy atom. The first-order chi connectivity index (χ1) is 11.3. The number of nitrogens with one attached hydrogen (secondary N) is 1. The summed E-state index contributed by atoms with van der Waals surface area (Å²) in [6, 6.07) is 3.88. The zero-order valence-corrected chi connectivity index (χ0v) is 14.1. The number of rotatable bonds is 2. The zero-order valence-electron chi connectivity index (χ0n) is 14.1. The lowest BCUT2D eigenvalue weighted by Gasteiger charge is -2.54. The van der Waals surface area contributed by atoms with Crippen molar-refractivity contribution in [3.8, 4) is 0 Å². The number of likely N-dealkylation sites (N-methyl/N-ethyl adjacent to an activating group) is 2. The summed E-state index contributed by atoms with van der Waals surface area (Å²) in [7, 11) is 3.49. The van der Waals surface area contributed by atoms with Gasteiger partial charge in [-0.15, -0.1) is 0 Å². The molecule has 1 spiro atoms. The quantitative estimate of drug-likeness (QED) is 0.850. The molecule has 7 heteroatoms. The molecule has 1 N–H and O–H groups in total. The molecule has 2 fully saturated rings. The summed E-state index contributed by atoms with van der Waals surface area (Å²) in [5.74, 6) is -0.527. The van der Waals surface area contributed by atoms with Crippen molar-refractivity contribution < 1.29 is 18.7 Å². The van der Waals surface area contributed by atoms with Gasteiger partial charge in [0.2, 0.25) is 5.91 Å². The van der Waals surface area contributed by atoms with Crippen molar-refractivity contribution in [3.63, 3.8) is 0 Å². The molecule has 2 aliphatic rings. The molecular weight excluding hydrogens is 313 g/mol. The SMILES string of the molecule is CNC(=O)[C@@H]1COC2(CN(C(=O)c3ccc(F)cc3C)C2)CN1C. The second-order valence-electron chi connectivity index (χ2n) is 6.66. The Kier molecular flexibility index (Phi) is 4.31. The summed E-state index contributed by atoms with van der Waals surface area (Å²) in [5, 5.41) is 2.63. The molecule has 0 aliphatic carbocycles. The highest BCUT2D eigenvalue weighted by atomic mass is 19.1. The van der Waals surface area contributed by atoms with E-state index >= 15 is 0 Å². The number of morpholine rings is 1. The summed E-state index contributed by atoms with van der Waals surface area (Å²) in [6.45, 7) is 3.59. The Labute approximate surface area is 140 Å². The number of carbonyl (C=O) groups excluding carboxylic acids is 2. The lowest BCUT2D eigenvalue weighted by Crippen LogP contribution is -2.73. The number of halogens is 1. The highest BCUT2D eigenvalue weighted by molar-refractivity contribution is 5.96. The molecule has 2 saturated heterocycles. The van der Waals surface area contributed by atoms with Gasteiger partial charge in [0.05, 0.1) is 19.7 Å². The van der Waals surface area contributed by atoms with Gasteiger partial charge in [-0.05, 0) is 37.7 Å². The van der Waals surface area contributed by atoms with Crippen LogP contribution in [0.15, 0.2) is 18.2 Å². The number of amides is 2. The van der Waals surface area contributed by atoms with E-state index in [1.165, 1.54) is 18.2 Å². The molecule has 3 rings (SSSR count). The average molecular weight is 335 g/mol. The highest BCUT2D eigenvalue weighted by Crippen LogP contribution is 2.32. The van der Waals surface area contributed by atoms with E-state index in [2.05, 4.69) is 5.32 Å². The van der Waals surface area contributed by atoms with Crippen LogP contribution >= 0.6 is 0 Å². The molecular formula is C17H22FN3O3. The van der Waals surface area contributed by atoms with Gasteiger partial charge >= 0.3 is 0 Å². The van der Waals surface area contributed by atoms with Gasteiger partial charge in [0.1, 0.15) is 17.5 Å². The van der Waals surface area contributed by atoms with Gasteiger partial charge in [-0.25, -0.2) is 4.39 Å². The fourth-order valence-electron chi connectivity index (χ4n) is 3.46. The summed E-state index contributed by atoms with van der Waals surface area (Å²) < 4.78 is 19.1. The molecule has 6 nitrogen and oxygen atoms in total. The van der Waals surface area contributed by atoms with Gasteiger partial charge in [0, 0.05) is 19.2 Å². The Hall–Kier alpha value is -1.99. The number of carbonyl (C=O) groups is 2. The summed E-state index contributed by atoms with van der Waals surface area (Å²) in [4.78, 5) is 28.0. The second kappa shape index (κ2) is 6.14. The van der Waals surface area contributed by atoms with Gasteiger partial charge in [0.25, 0.3) is 5.91 Å². The van der Waals surface area contributed by atoms with Crippen LogP contribution in [0.1, 0.15) is 15.9 Å². The average Bonchev–Trinajstić information content (AvgIpc) is 2.51. The van der Waals surface area contributed by atoms with Crippen LogP contribution in [0.2, 0.25) is 0 Å². The van der Waals surface area contributed by atoms with Gasteiger partial charge in [-0.1, -0.05) is 0 Å². The molecule has 1 aromatic carbocycles. The lowest BCUT2D eigenvalue weighted by molar-refractivity contribution is -0.187. The van der Waals surface area contributed by atoms with Crippen LogP contribution in [0.4, 0.5) is 4.39 Å². The van der Waals surface area contributed by atoms with E-state index in [-0.39, 0.29) is 23.7 Å². The minimum atomic E-state index is -0.414. The van der Waals surface area contributed by atoms with E-state index < -0.39 is 5.60 Å². The van der Waals surface area contributed by atoms with E-state index in [9.17, 15) is 14.0 Å². The maximum atomic E-state index is 13.2. The lowest BCUT2D eigenvalue weighted by atomic mass is 9.89. The summed E-state index contributed by atoms with van der Waals surface area (Å²) in [5.41, 5.74) is 0.726. The molecule has 0 radical (unpaired) electrons. The van der Waals surface area contributed by atoms with Crippen LogP contribution in [-0.4, -0.2) is 73.6 Å². The Morgan fingerprint density at radius 1 is 1.33 bits per heavy atom. The minimum absolute atomic E-state index is 0.0680. The predicted molar refractivity (Wildman–Crippen MR) is 86.2 cm³/mol. The fraction of sp³-hybridized carbons (Fsp3) is 0.529. The molecule has 0 unspecified atom stereocenters. The van der Waals surface area contributed by atoms with E-state index in [0.29, 0.717) is 37.4 Å². The number of likely N-dealkylation sites (tertiary alicyclic amines) is 1. The van der Waals surface area contributed by atoms with Crippen LogP contribution in [-0.2, 0) is 9.53 Å². The standard InChI is InChI=1S/C17H22FN3O3/c1-11-6-12(18)4-5-13(11)16(23)21-9-17(10-21)8-20(3)14(7-24-17)15(22)19-2/h4-6,14H,7-10H2,1-3H3,(H,19,22)/t14-/m0/s1. The maximum Gasteiger partial charge on any atom is 0.254 e. The summed E-state index contributed by atoms with van der Waals surface area (Å²) >= 11 is 0. The summed E-state index contributed by atoms with van der Waals surface area (Å²) in [6.07, 6.45) is 0. The minimum Gasteiger partial charge on any atom is -0.368 e. The molecule has 0 saturated carbocycles. The Bertz CT molecular complexity index is 673. The van der Waals surface area contributed by atoms with Crippen molar-refractivity contribution in [2.75, 3.05) is 40.3 Å². The van der Waals surface area contributed by atoms with E-state index in [1.54, 1.807) is 18.9 Å². The molecule has 2 amide bonds. The molecule has 2 heterocycles. The van der Waals surface area contributed by atoms with Crippen molar-refractivity contribution in [2.45, 2.75) is 18.6 Å². The Morgan fingerprint density at radius 2 is 2.04 bits per heavy atom. The first-order valence-corrected chi connectivity index (χ1v) is 7.96. The highest BCUT2D eigenvalue weighted by Gasteiger charge is 2.51. The molecule has 0 aromatic heterocycles. The maximum absolute atomic E-state index is 13.2. The van der Waals surface area contributed by atoms with Crippen LogP contribution in [0.3, 0.4) is 0 Å². The fourth-order valence-corrected chi connectivity index (χ4v) is 3.46. The molecule has 0 bridgehead atoms. The van der Waals surface area contributed by atoms with Gasteiger partial charge in [0.15, 0.2) is 0 Å². The number of hydrogen-bond donors (Lipinski definition) is 1. The number of benzene rings is 1. The molecule has 1 aromatic rings. The van der Waals surface area contributed by atoms with Crippen LogP contribution in [0.5, 0.6) is 0 Å². The number of aryl methyl sites for hydroxylation is 1. The van der Waals surface area contributed by atoms with Crippen molar-refractivity contribution in [3.05, 3.63) is 35.1 Å². The molecule has 1 atom stereocenters. The van der Waals surface area contributed by atoms with Gasteiger partial charge in [-0.3, -0.25) is 14.5 Å². The van der Waals surface area contributed by atoms with Crippen molar-refractivity contribution >= 4 is 11.8 Å². The first kappa shape index (κ1) is 16.9. The van der Waals surface area contributed by atoms with E-state index in [0.717, 1.165) is 0 Å². The van der Waals surface area contributed by atoms with Crippen LogP contribution < -0.4 is 5.32 Å². The first-order valence-electron chi connectivity index (χ1n) is 7.96. The van der Waals surface area contributed by atoms with E-state index in [4.69, 9.17) is 4.74 Å². The zero-order chi connectivity index (χ0) is 17.5. The largest absolute Gasteiger partial charge is 0.368 e. The third-order valence-electron chi connectivity index (χ3n) is 4.83. The van der Waals surface area contributed by atoms with Crippen molar-refractivity contribution in [1.29, 1.82) is 0 Å². The number of ether oxygens (including phenoxy) is 1. The molecule has 130 valence electrons. The van der Waals surface area contributed by atoms with Crippen molar-refractivity contribution in [1.82, 2.24) is 15.1 Å². The number of hydrogen-bond acceptors (Lipinski definition) is 4. The van der Waals surface area contributed by atoms with Crippen LogP contribution in [0.25, 0.3) is 0 Å². The van der Waals surface area contributed by atoms with Gasteiger partial charge in [-0.2, -0.15) is 0 Å². The van der Waals surface area contributed by atoms with Crippen molar-refractivity contribution in [2.24, 2.45) is 0 Å². The van der Waals surface area contributed by atoms with Gasteiger partial charge < -0.3 is 15.0 Å². The second-order valence-corrected chi connectivity index (χ2v) is 6.66. The van der Waals surface area contributed by atoms with E-state index in [1.807, 2.05) is 11.9 Å². The smallest absolute Gasteiger partial charge is 0.254 e.